The molecule has 1 unspecified atom stereocenters. The number of amides is 1. The van der Waals surface area contributed by atoms with Crippen LogP contribution in [0, 0.1) is 5.82 Å². The van der Waals surface area contributed by atoms with Crippen LogP contribution in [0.5, 0.6) is 0 Å². The standard InChI is InChI=1S/C15H17FN2OS/c1-10(8-12-4-3-7-20-12)18(2)15(19)13-6-5-11(17)9-14(13)16/h3-7,9-10H,8,17H2,1-2H3. The van der Waals surface area contributed by atoms with E-state index in [4.69, 9.17) is 5.73 Å². The Labute approximate surface area is 121 Å². The molecule has 0 saturated heterocycles. The van der Waals surface area contributed by atoms with E-state index >= 15 is 0 Å². The van der Waals surface area contributed by atoms with Crippen LogP contribution in [0.2, 0.25) is 0 Å². The maximum atomic E-state index is 13.8. The van der Waals surface area contributed by atoms with E-state index in [0.29, 0.717) is 5.69 Å². The number of hydrogen-bond acceptors (Lipinski definition) is 3. The lowest BCUT2D eigenvalue weighted by Gasteiger charge is -2.25. The molecule has 0 radical (unpaired) electrons. The van der Waals surface area contributed by atoms with Gasteiger partial charge in [0.05, 0.1) is 5.56 Å². The molecule has 2 rings (SSSR count). The number of rotatable bonds is 4. The third-order valence-electron chi connectivity index (χ3n) is 3.28. The first kappa shape index (κ1) is 14.5. The van der Waals surface area contributed by atoms with E-state index in [1.807, 2.05) is 24.4 Å². The minimum absolute atomic E-state index is 0.00176. The van der Waals surface area contributed by atoms with Gasteiger partial charge in [-0.25, -0.2) is 4.39 Å². The van der Waals surface area contributed by atoms with Crippen molar-refractivity contribution in [2.45, 2.75) is 19.4 Å². The van der Waals surface area contributed by atoms with Crippen molar-refractivity contribution in [1.82, 2.24) is 4.90 Å². The van der Waals surface area contributed by atoms with Crippen LogP contribution in [0.1, 0.15) is 22.2 Å². The summed E-state index contributed by atoms with van der Waals surface area (Å²) in [4.78, 5) is 15.1. The lowest BCUT2D eigenvalue weighted by atomic mass is 10.1. The second kappa shape index (κ2) is 6.05. The van der Waals surface area contributed by atoms with E-state index in [-0.39, 0.29) is 17.5 Å². The molecule has 106 valence electrons. The Kier molecular flexibility index (Phi) is 4.39. The van der Waals surface area contributed by atoms with Crippen molar-refractivity contribution in [1.29, 1.82) is 0 Å². The van der Waals surface area contributed by atoms with Crippen LogP contribution < -0.4 is 5.73 Å². The summed E-state index contributed by atoms with van der Waals surface area (Å²) in [5.41, 5.74) is 5.86. The molecule has 1 aromatic carbocycles. The van der Waals surface area contributed by atoms with Crippen molar-refractivity contribution in [3.8, 4) is 0 Å². The largest absolute Gasteiger partial charge is 0.399 e. The fourth-order valence-electron chi connectivity index (χ4n) is 1.95. The minimum atomic E-state index is -0.579. The van der Waals surface area contributed by atoms with E-state index in [9.17, 15) is 9.18 Å². The molecule has 1 amide bonds. The first-order valence-corrected chi connectivity index (χ1v) is 7.21. The molecular formula is C15H17FN2OS. The molecule has 0 aliphatic rings. The van der Waals surface area contributed by atoms with E-state index in [0.717, 1.165) is 6.42 Å². The second-order valence-corrected chi connectivity index (χ2v) is 5.82. The predicted octanol–water partition coefficient (Wildman–Crippen LogP) is 3.17. The average molecular weight is 292 g/mol. The fraction of sp³-hybridized carbons (Fsp3) is 0.267. The lowest BCUT2D eigenvalue weighted by Crippen LogP contribution is -2.36. The summed E-state index contributed by atoms with van der Waals surface area (Å²) < 4.78 is 13.8. The molecule has 0 bridgehead atoms. The number of nitrogens with zero attached hydrogens (tertiary/aromatic N) is 1. The number of anilines is 1. The van der Waals surface area contributed by atoms with Crippen LogP contribution >= 0.6 is 11.3 Å². The highest BCUT2D eigenvalue weighted by atomic mass is 32.1. The summed E-state index contributed by atoms with van der Waals surface area (Å²) in [6, 6.07) is 8.15. The zero-order valence-electron chi connectivity index (χ0n) is 11.5. The van der Waals surface area contributed by atoms with Crippen LogP contribution in [-0.4, -0.2) is 23.9 Å². The Morgan fingerprint density at radius 3 is 2.80 bits per heavy atom. The van der Waals surface area contributed by atoms with Crippen LogP contribution in [-0.2, 0) is 6.42 Å². The van der Waals surface area contributed by atoms with E-state index in [2.05, 4.69) is 0 Å². The summed E-state index contributed by atoms with van der Waals surface area (Å²) in [6.07, 6.45) is 0.760. The number of carbonyl (C=O) groups is 1. The van der Waals surface area contributed by atoms with Gasteiger partial charge in [-0.15, -0.1) is 11.3 Å². The highest BCUT2D eigenvalue weighted by molar-refractivity contribution is 7.09. The molecule has 0 fully saturated rings. The van der Waals surface area contributed by atoms with Crippen LogP contribution in [0.25, 0.3) is 0 Å². The normalized spacial score (nSPS) is 12.2. The van der Waals surface area contributed by atoms with Gasteiger partial charge < -0.3 is 10.6 Å². The van der Waals surface area contributed by atoms with Gasteiger partial charge in [0.1, 0.15) is 5.82 Å². The van der Waals surface area contributed by atoms with Crippen molar-refractivity contribution in [3.05, 3.63) is 52.0 Å². The first-order valence-electron chi connectivity index (χ1n) is 6.33. The van der Waals surface area contributed by atoms with Crippen molar-refractivity contribution >= 4 is 22.9 Å². The van der Waals surface area contributed by atoms with E-state index in [1.54, 1.807) is 23.3 Å². The number of likely N-dealkylation sites (N-methyl/N-ethyl adjacent to an activating group) is 1. The quantitative estimate of drug-likeness (QED) is 0.880. The number of nitrogens with two attached hydrogens (primary N) is 1. The third kappa shape index (κ3) is 3.17. The highest BCUT2D eigenvalue weighted by Gasteiger charge is 2.20. The van der Waals surface area contributed by atoms with E-state index in [1.165, 1.54) is 23.1 Å². The summed E-state index contributed by atoms with van der Waals surface area (Å²) in [7, 11) is 1.69. The summed E-state index contributed by atoms with van der Waals surface area (Å²) >= 11 is 1.65. The van der Waals surface area contributed by atoms with Crippen molar-refractivity contribution < 1.29 is 9.18 Å². The molecule has 5 heteroatoms. The Bertz CT molecular complexity index is 598. The van der Waals surface area contributed by atoms with Crippen molar-refractivity contribution in [2.24, 2.45) is 0 Å². The molecule has 0 spiro atoms. The molecule has 0 aliphatic heterocycles. The Morgan fingerprint density at radius 2 is 2.20 bits per heavy atom. The summed E-state index contributed by atoms with van der Waals surface area (Å²) in [6.45, 7) is 1.95. The Balaban J connectivity index is 2.11. The van der Waals surface area contributed by atoms with Gasteiger partial charge in [-0.05, 0) is 36.6 Å². The van der Waals surface area contributed by atoms with Gasteiger partial charge >= 0.3 is 0 Å². The van der Waals surface area contributed by atoms with Gasteiger partial charge in [0.25, 0.3) is 5.91 Å². The van der Waals surface area contributed by atoms with Crippen LogP contribution in [0.4, 0.5) is 10.1 Å². The first-order chi connectivity index (χ1) is 9.49. The topological polar surface area (TPSA) is 46.3 Å². The molecule has 0 saturated carbocycles. The summed E-state index contributed by atoms with van der Waals surface area (Å²) in [5.74, 6) is -0.906. The van der Waals surface area contributed by atoms with Crippen LogP contribution in [0.15, 0.2) is 35.7 Å². The molecule has 1 aromatic heterocycles. The van der Waals surface area contributed by atoms with E-state index < -0.39 is 5.82 Å². The third-order valence-corrected chi connectivity index (χ3v) is 4.18. The molecule has 3 nitrogen and oxygen atoms in total. The highest BCUT2D eigenvalue weighted by Crippen LogP contribution is 2.17. The van der Waals surface area contributed by atoms with Crippen molar-refractivity contribution in [3.63, 3.8) is 0 Å². The van der Waals surface area contributed by atoms with Crippen LogP contribution in [0.3, 0.4) is 0 Å². The van der Waals surface area contributed by atoms with Gasteiger partial charge in [-0.3, -0.25) is 4.79 Å². The number of carbonyl (C=O) groups excluding carboxylic acids is 1. The van der Waals surface area contributed by atoms with Gasteiger partial charge in [0.2, 0.25) is 0 Å². The smallest absolute Gasteiger partial charge is 0.256 e. The van der Waals surface area contributed by atoms with Gasteiger partial charge in [0.15, 0.2) is 0 Å². The summed E-state index contributed by atoms with van der Waals surface area (Å²) in [5, 5.41) is 2.00. The molecule has 20 heavy (non-hydrogen) atoms. The molecule has 1 heterocycles. The maximum absolute atomic E-state index is 13.8. The molecule has 2 aromatic rings. The van der Waals surface area contributed by atoms with Gasteiger partial charge in [0, 0.05) is 30.1 Å². The van der Waals surface area contributed by atoms with Gasteiger partial charge in [-0.2, -0.15) is 0 Å². The monoisotopic (exact) mass is 292 g/mol. The zero-order valence-corrected chi connectivity index (χ0v) is 12.3. The number of nitrogen functional groups attached to an aromatic ring is 1. The molecule has 2 N–H and O–H groups in total. The number of thiophene rings is 1. The predicted molar refractivity (Wildman–Crippen MR) is 80.4 cm³/mol. The zero-order chi connectivity index (χ0) is 14.7. The maximum Gasteiger partial charge on any atom is 0.256 e. The number of halogens is 1. The average Bonchev–Trinajstić information content (AvgIpc) is 2.90. The minimum Gasteiger partial charge on any atom is -0.399 e. The molecular weight excluding hydrogens is 275 g/mol. The number of benzene rings is 1. The number of hydrogen-bond donors (Lipinski definition) is 1. The second-order valence-electron chi connectivity index (χ2n) is 4.79. The molecule has 0 aliphatic carbocycles. The van der Waals surface area contributed by atoms with Gasteiger partial charge in [-0.1, -0.05) is 6.07 Å². The van der Waals surface area contributed by atoms with Crippen molar-refractivity contribution in [2.75, 3.05) is 12.8 Å². The SMILES string of the molecule is CC(Cc1cccs1)N(C)C(=O)c1ccc(N)cc1F. The Hall–Kier alpha value is -1.88. The Morgan fingerprint density at radius 1 is 1.45 bits per heavy atom. The lowest BCUT2D eigenvalue weighted by molar-refractivity contribution is 0.0739. The molecule has 1 atom stereocenters. The fourth-order valence-corrected chi connectivity index (χ4v) is 2.78.